The van der Waals surface area contributed by atoms with Gasteiger partial charge < -0.3 is 5.11 Å². The van der Waals surface area contributed by atoms with Gasteiger partial charge in [-0.15, -0.1) is 0 Å². The van der Waals surface area contributed by atoms with Crippen molar-refractivity contribution in [2.24, 2.45) is 29.1 Å². The number of fused-ring (bicyclic) bond motifs is 2. The third-order valence-electron chi connectivity index (χ3n) is 5.21. The first kappa shape index (κ1) is 11.7. The van der Waals surface area contributed by atoms with Crippen LogP contribution in [0.2, 0.25) is 0 Å². The highest BCUT2D eigenvalue weighted by Gasteiger charge is 2.55. The van der Waals surface area contributed by atoms with Crippen LogP contribution < -0.4 is 0 Å². The van der Waals surface area contributed by atoms with Crippen molar-refractivity contribution in [3.8, 4) is 0 Å². The number of carboxylic acids is 1. The van der Waals surface area contributed by atoms with E-state index in [-0.39, 0.29) is 0 Å². The maximum atomic E-state index is 10.8. The molecule has 3 unspecified atom stereocenters. The van der Waals surface area contributed by atoms with E-state index in [0.29, 0.717) is 22.8 Å². The molecule has 0 aromatic carbocycles. The van der Waals surface area contributed by atoms with E-state index < -0.39 is 5.97 Å². The molecule has 1 N–H and O–H groups in total. The fourth-order valence-corrected chi connectivity index (χ4v) is 3.80. The van der Waals surface area contributed by atoms with Gasteiger partial charge in [0.25, 0.3) is 0 Å². The van der Waals surface area contributed by atoms with E-state index in [0.717, 1.165) is 11.8 Å². The number of rotatable bonds is 2. The first-order valence-electron chi connectivity index (χ1n) is 6.25. The molecule has 3 saturated carbocycles. The lowest BCUT2D eigenvalue weighted by Crippen LogP contribution is -2.54. The summed E-state index contributed by atoms with van der Waals surface area (Å²) >= 11 is 0. The molecule has 0 heterocycles. The fourth-order valence-electron chi connectivity index (χ4n) is 3.80. The summed E-state index contributed by atoms with van der Waals surface area (Å²) in [7, 11) is 0. The maximum Gasteiger partial charge on any atom is 0.330 e. The number of carbonyl (C=O) groups is 1. The van der Waals surface area contributed by atoms with E-state index in [9.17, 15) is 4.79 Å². The monoisotopic (exact) mass is 222 g/mol. The second kappa shape index (κ2) is 3.61. The van der Waals surface area contributed by atoms with Crippen LogP contribution in [-0.4, -0.2) is 11.1 Å². The van der Waals surface area contributed by atoms with Gasteiger partial charge in [-0.2, -0.15) is 0 Å². The van der Waals surface area contributed by atoms with Gasteiger partial charge >= 0.3 is 5.97 Å². The second-order valence-electron chi connectivity index (χ2n) is 6.27. The molecule has 0 radical (unpaired) electrons. The first-order valence-corrected chi connectivity index (χ1v) is 6.25. The quantitative estimate of drug-likeness (QED) is 0.728. The van der Waals surface area contributed by atoms with E-state index >= 15 is 0 Å². The summed E-state index contributed by atoms with van der Waals surface area (Å²) in [6.07, 6.45) is 4.52. The fraction of sp³-hybridized carbons (Fsp3) is 0.786. The van der Waals surface area contributed by atoms with Crippen LogP contribution in [0.1, 0.15) is 40.5 Å². The van der Waals surface area contributed by atoms with Crippen LogP contribution in [0.4, 0.5) is 0 Å². The molecule has 16 heavy (non-hydrogen) atoms. The smallest absolute Gasteiger partial charge is 0.330 e. The Hall–Kier alpha value is -0.790. The Morgan fingerprint density at radius 1 is 1.38 bits per heavy atom. The molecule has 2 bridgehead atoms. The van der Waals surface area contributed by atoms with Crippen LogP contribution in [0.15, 0.2) is 11.6 Å². The summed E-state index contributed by atoms with van der Waals surface area (Å²) in [5, 5.41) is 8.91. The summed E-state index contributed by atoms with van der Waals surface area (Å²) in [4.78, 5) is 10.8. The number of carboxylic acid groups (broad SMARTS) is 1. The molecular formula is C14H22O2. The molecule has 0 saturated heterocycles. The molecule has 3 fully saturated rings. The standard InChI is InChI=1S/C14H22O2/c1-8(13(15)16)5-10-6-11-7-12(9(10)2)14(11,3)4/h5,9-12H,6-7H2,1-4H3,(H,15,16)/t9?,10?,11-,12?/m0/s1. The maximum absolute atomic E-state index is 10.8. The van der Waals surface area contributed by atoms with Crippen LogP contribution in [0.3, 0.4) is 0 Å². The van der Waals surface area contributed by atoms with Crippen LogP contribution in [0.25, 0.3) is 0 Å². The van der Waals surface area contributed by atoms with Gasteiger partial charge in [-0.3, -0.25) is 0 Å². The molecule has 0 amide bonds. The van der Waals surface area contributed by atoms with E-state index in [1.165, 1.54) is 12.8 Å². The molecule has 3 aliphatic carbocycles. The Balaban J connectivity index is 2.12. The SMILES string of the molecule is CC(=CC1C[C@H]2CC(C1C)C2(C)C)C(=O)O. The molecule has 4 atom stereocenters. The lowest BCUT2D eigenvalue weighted by Gasteiger charge is -2.61. The van der Waals surface area contributed by atoms with Crippen molar-refractivity contribution >= 4 is 5.97 Å². The minimum absolute atomic E-state index is 0.480. The Kier molecular flexibility index (Phi) is 2.64. The van der Waals surface area contributed by atoms with Gasteiger partial charge in [0, 0.05) is 5.57 Å². The van der Waals surface area contributed by atoms with Gasteiger partial charge in [-0.25, -0.2) is 4.79 Å². The normalized spacial score (nSPS) is 41.4. The van der Waals surface area contributed by atoms with E-state index in [4.69, 9.17) is 5.11 Å². The molecule has 3 aliphatic rings. The number of hydrogen-bond donors (Lipinski definition) is 1. The number of hydrogen-bond acceptors (Lipinski definition) is 1. The van der Waals surface area contributed by atoms with Crippen molar-refractivity contribution in [2.75, 3.05) is 0 Å². The molecule has 2 heteroatoms. The predicted octanol–water partition coefficient (Wildman–Crippen LogP) is 3.34. The highest BCUT2D eigenvalue weighted by Crippen LogP contribution is 2.63. The van der Waals surface area contributed by atoms with Crippen LogP contribution >= 0.6 is 0 Å². The Bertz CT molecular complexity index is 341. The van der Waals surface area contributed by atoms with Crippen molar-refractivity contribution in [2.45, 2.75) is 40.5 Å². The number of aliphatic carboxylic acids is 1. The van der Waals surface area contributed by atoms with E-state index in [1.807, 2.05) is 6.08 Å². The summed E-state index contributed by atoms with van der Waals surface area (Å²) < 4.78 is 0. The average molecular weight is 222 g/mol. The van der Waals surface area contributed by atoms with Gasteiger partial charge in [0.15, 0.2) is 0 Å². The van der Waals surface area contributed by atoms with Gasteiger partial charge in [0.05, 0.1) is 0 Å². The van der Waals surface area contributed by atoms with Gasteiger partial charge in [-0.1, -0.05) is 26.8 Å². The highest BCUT2D eigenvalue weighted by atomic mass is 16.4. The molecule has 0 aromatic heterocycles. The zero-order chi connectivity index (χ0) is 12.1. The minimum Gasteiger partial charge on any atom is -0.478 e. The van der Waals surface area contributed by atoms with Crippen molar-refractivity contribution in [3.63, 3.8) is 0 Å². The Labute approximate surface area is 97.7 Å². The summed E-state index contributed by atoms with van der Waals surface area (Å²) in [6.45, 7) is 8.73. The second-order valence-corrected chi connectivity index (χ2v) is 6.27. The minimum atomic E-state index is -0.772. The molecule has 90 valence electrons. The van der Waals surface area contributed by atoms with Gasteiger partial charge in [0.2, 0.25) is 0 Å². The van der Waals surface area contributed by atoms with Crippen molar-refractivity contribution in [1.29, 1.82) is 0 Å². The Morgan fingerprint density at radius 2 is 2.00 bits per heavy atom. The summed E-state index contributed by atoms with van der Waals surface area (Å²) in [5.41, 5.74) is 0.997. The highest BCUT2D eigenvalue weighted by molar-refractivity contribution is 5.85. The lowest BCUT2D eigenvalue weighted by atomic mass is 9.43. The topological polar surface area (TPSA) is 37.3 Å². The molecule has 3 rings (SSSR count). The average Bonchev–Trinajstić information content (AvgIpc) is 2.19. The largest absolute Gasteiger partial charge is 0.478 e. The Morgan fingerprint density at radius 3 is 2.44 bits per heavy atom. The zero-order valence-electron chi connectivity index (χ0n) is 10.7. The molecule has 0 spiro atoms. The van der Waals surface area contributed by atoms with Crippen LogP contribution in [0, 0.1) is 29.1 Å². The molecular weight excluding hydrogens is 200 g/mol. The first-order chi connectivity index (χ1) is 7.34. The van der Waals surface area contributed by atoms with Crippen molar-refractivity contribution in [3.05, 3.63) is 11.6 Å². The summed E-state index contributed by atoms with van der Waals surface area (Å²) in [6, 6.07) is 0. The van der Waals surface area contributed by atoms with E-state index in [2.05, 4.69) is 20.8 Å². The molecule has 0 aromatic rings. The third kappa shape index (κ3) is 1.59. The third-order valence-corrected chi connectivity index (χ3v) is 5.21. The van der Waals surface area contributed by atoms with Gasteiger partial charge in [0.1, 0.15) is 0 Å². The van der Waals surface area contributed by atoms with Crippen LogP contribution in [-0.2, 0) is 4.79 Å². The van der Waals surface area contributed by atoms with Gasteiger partial charge in [-0.05, 0) is 48.9 Å². The molecule has 2 nitrogen and oxygen atoms in total. The number of allylic oxidation sites excluding steroid dienone is 1. The molecule has 0 aliphatic heterocycles. The van der Waals surface area contributed by atoms with Crippen molar-refractivity contribution in [1.82, 2.24) is 0 Å². The van der Waals surface area contributed by atoms with Crippen molar-refractivity contribution < 1.29 is 9.90 Å². The zero-order valence-corrected chi connectivity index (χ0v) is 10.7. The summed E-state index contributed by atoms with van der Waals surface area (Å²) in [5.74, 6) is 1.93. The lowest BCUT2D eigenvalue weighted by molar-refractivity contribution is -0.133. The van der Waals surface area contributed by atoms with Crippen LogP contribution in [0.5, 0.6) is 0 Å². The van der Waals surface area contributed by atoms with E-state index in [1.54, 1.807) is 6.92 Å². The predicted molar refractivity (Wildman–Crippen MR) is 64.0 cm³/mol.